The molecule has 0 aromatic heterocycles. The highest BCUT2D eigenvalue weighted by Crippen LogP contribution is 2.62. The summed E-state index contributed by atoms with van der Waals surface area (Å²) < 4.78 is 353. The topological polar surface area (TPSA) is 64.6 Å². The molecule has 0 saturated carbocycles. The molecule has 0 heterocycles. The van der Waals surface area contributed by atoms with Crippen molar-refractivity contribution in [3.63, 3.8) is 0 Å². The fourth-order valence-electron chi connectivity index (χ4n) is 3.80. The van der Waals surface area contributed by atoms with Gasteiger partial charge in [-0.05, 0) is 0 Å². The van der Waals surface area contributed by atoms with Crippen LogP contribution in [0.5, 0.6) is 0 Å². The lowest BCUT2D eigenvalue weighted by atomic mass is 9.93. The lowest BCUT2D eigenvalue weighted by Crippen LogP contribution is -2.70. The van der Waals surface area contributed by atoms with E-state index in [9.17, 15) is 124 Å². The van der Waals surface area contributed by atoms with Crippen LogP contribution in [0.25, 0.3) is 0 Å². The summed E-state index contributed by atoms with van der Waals surface area (Å²) in [7, 11) is 4.59. The average Bonchev–Trinajstić information content (AvgIpc) is 2.99. The van der Waals surface area contributed by atoms with Crippen LogP contribution in [0, 0.1) is 5.92 Å². The quantitative estimate of drug-likeness (QED) is 0.0511. The van der Waals surface area contributed by atoms with Crippen molar-refractivity contribution in [2.24, 2.45) is 5.92 Å². The summed E-state index contributed by atoms with van der Waals surface area (Å²) in [5.41, 5.74) is 0. The number of quaternary nitrogens is 1. The van der Waals surface area contributed by atoms with E-state index in [2.05, 4.69) is 14.8 Å². The molecule has 0 saturated heterocycles. The molecule has 1 atom stereocenters. The van der Waals surface area contributed by atoms with Gasteiger partial charge in [0.05, 0.1) is 66.1 Å². The van der Waals surface area contributed by atoms with Crippen LogP contribution in [0.2, 0.25) is 0 Å². The van der Waals surface area contributed by atoms with Crippen molar-refractivity contribution >= 4 is 11.9 Å². The van der Waals surface area contributed by atoms with Gasteiger partial charge in [-0.15, -0.1) is 0 Å². The fraction of sp³-hybridized carbons (Fsp3) is 0.923. The minimum Gasteiger partial charge on any atom is -0.465 e. The fourth-order valence-corrected chi connectivity index (χ4v) is 3.80. The second-order valence-corrected chi connectivity index (χ2v) is 13.0. The number of halogens is 26. The standard InChI is InChI=1S/C26H27F26N2O4/c1-54(2,3)7-6-53-11-12(14(56)58-9-5-16(29,30)18(33,34)20(37,38)22(41,42)24(45,46)26(50,51)52)10-13(55)57-8-4-15(27,28)17(31,32)19(35,36)21(39,40)23(43,44)25(47,48)49/h12,53H,4-11H2,1-3H3/q+1. The number of esters is 2. The predicted molar refractivity (Wildman–Crippen MR) is 137 cm³/mol. The van der Waals surface area contributed by atoms with Gasteiger partial charge < -0.3 is 19.3 Å². The van der Waals surface area contributed by atoms with Gasteiger partial charge in [-0.2, -0.15) is 114 Å². The van der Waals surface area contributed by atoms with E-state index in [0.29, 0.717) is 0 Å². The molecule has 0 aromatic rings. The first-order valence-corrected chi connectivity index (χ1v) is 14.8. The Morgan fingerprint density at radius 3 is 1.10 bits per heavy atom. The number of hydrogen-bond acceptors (Lipinski definition) is 5. The van der Waals surface area contributed by atoms with Gasteiger partial charge >= 0.3 is 83.5 Å². The van der Waals surface area contributed by atoms with Gasteiger partial charge in [0, 0.05) is 13.1 Å². The van der Waals surface area contributed by atoms with E-state index in [4.69, 9.17) is 0 Å². The second-order valence-electron chi connectivity index (χ2n) is 13.0. The number of ether oxygens (including phenoxy) is 2. The summed E-state index contributed by atoms with van der Waals surface area (Å²) in [5.74, 6) is -84.7. The van der Waals surface area contributed by atoms with Crippen molar-refractivity contribution in [3.8, 4) is 0 Å². The van der Waals surface area contributed by atoms with Crippen LogP contribution in [0.3, 0.4) is 0 Å². The lowest BCUT2D eigenvalue weighted by Gasteiger charge is -2.39. The Hall–Kier alpha value is -2.96. The molecule has 0 aliphatic heterocycles. The Bertz CT molecular complexity index is 1400. The number of rotatable bonds is 22. The zero-order valence-corrected chi connectivity index (χ0v) is 28.6. The van der Waals surface area contributed by atoms with Gasteiger partial charge in [-0.1, -0.05) is 0 Å². The smallest absolute Gasteiger partial charge is 0.460 e. The van der Waals surface area contributed by atoms with E-state index in [1.54, 1.807) is 0 Å². The van der Waals surface area contributed by atoms with Crippen molar-refractivity contribution in [2.45, 2.75) is 90.8 Å². The maximum Gasteiger partial charge on any atom is 0.460 e. The number of carbonyl (C=O) groups is 2. The molecule has 0 bridgehead atoms. The minimum atomic E-state index is -8.27. The van der Waals surface area contributed by atoms with Crippen LogP contribution < -0.4 is 5.32 Å². The number of alkyl halides is 26. The van der Waals surface area contributed by atoms with E-state index in [0.717, 1.165) is 0 Å². The first-order chi connectivity index (χ1) is 25.1. The van der Waals surface area contributed by atoms with Crippen molar-refractivity contribution < 1.29 is 138 Å². The summed E-state index contributed by atoms with van der Waals surface area (Å²) in [4.78, 5) is 24.5. The van der Waals surface area contributed by atoms with Crippen molar-refractivity contribution in [2.75, 3.05) is 54.0 Å². The van der Waals surface area contributed by atoms with Gasteiger partial charge in [0.15, 0.2) is 0 Å². The Kier molecular flexibility index (Phi) is 16.0. The largest absolute Gasteiger partial charge is 0.465 e. The third-order valence-electron chi connectivity index (χ3n) is 7.43. The molecule has 0 radical (unpaired) electrons. The van der Waals surface area contributed by atoms with Crippen LogP contribution in [0.4, 0.5) is 114 Å². The summed E-state index contributed by atoms with van der Waals surface area (Å²) in [5, 5.41) is 2.32. The normalized spacial score (nSPS) is 16.0. The molecule has 346 valence electrons. The first-order valence-electron chi connectivity index (χ1n) is 14.8. The summed E-state index contributed by atoms with van der Waals surface area (Å²) in [6.07, 6.45) is -23.3. The molecule has 1 N–H and O–H groups in total. The van der Waals surface area contributed by atoms with E-state index in [1.807, 2.05) is 0 Å². The summed E-state index contributed by atoms with van der Waals surface area (Å²) >= 11 is 0. The lowest BCUT2D eigenvalue weighted by molar-refractivity contribution is -0.869. The SMILES string of the molecule is C[N+](C)(C)CCNCC(CC(=O)OCCC(F)(F)C(F)(F)C(F)(F)C(F)(F)C(F)(F)C(F)(F)F)C(=O)OCCC(F)(F)C(F)(F)C(F)(F)C(F)(F)C(F)(F)C(F)(F)F. The number of nitrogens with zero attached hydrogens (tertiary/aromatic N) is 1. The van der Waals surface area contributed by atoms with Gasteiger partial charge in [-0.25, -0.2) is 0 Å². The van der Waals surface area contributed by atoms with Crippen molar-refractivity contribution in [1.29, 1.82) is 0 Å². The second kappa shape index (κ2) is 16.8. The van der Waals surface area contributed by atoms with Gasteiger partial charge in [-0.3, -0.25) is 9.59 Å². The minimum absolute atomic E-state index is 0.0849. The highest BCUT2D eigenvalue weighted by atomic mass is 19.4. The van der Waals surface area contributed by atoms with Gasteiger partial charge in [0.1, 0.15) is 0 Å². The average molecular weight is 925 g/mol. The first kappa shape index (κ1) is 55.0. The summed E-state index contributed by atoms with van der Waals surface area (Å²) in [6.45, 7) is -5.81. The molecular formula is C26H27F26N2O4+. The number of hydrogen-bond donors (Lipinski definition) is 1. The number of nitrogens with one attached hydrogen (secondary N) is 1. The van der Waals surface area contributed by atoms with Crippen LogP contribution in [-0.4, -0.2) is 142 Å². The number of likely N-dealkylation sites (N-methyl/N-ethyl adjacent to an activating group) is 1. The molecule has 0 rings (SSSR count). The molecule has 0 fully saturated rings. The Morgan fingerprint density at radius 1 is 0.483 bits per heavy atom. The van der Waals surface area contributed by atoms with E-state index in [1.165, 1.54) is 21.1 Å². The molecule has 58 heavy (non-hydrogen) atoms. The van der Waals surface area contributed by atoms with Crippen molar-refractivity contribution in [1.82, 2.24) is 5.32 Å². The maximum atomic E-state index is 14.0. The molecule has 0 aliphatic carbocycles. The third-order valence-corrected chi connectivity index (χ3v) is 7.43. The molecule has 0 amide bonds. The maximum absolute atomic E-state index is 14.0. The van der Waals surface area contributed by atoms with Crippen LogP contribution in [-0.2, 0) is 19.1 Å². The number of carbonyl (C=O) groups excluding carboxylic acids is 2. The Morgan fingerprint density at radius 2 is 0.793 bits per heavy atom. The molecular weight excluding hydrogens is 898 g/mol. The Labute approximate surface area is 306 Å². The van der Waals surface area contributed by atoms with E-state index >= 15 is 0 Å². The predicted octanol–water partition coefficient (Wildman–Crippen LogP) is 8.63. The van der Waals surface area contributed by atoms with Crippen molar-refractivity contribution in [3.05, 3.63) is 0 Å². The molecule has 32 heteroatoms. The van der Waals surface area contributed by atoms with Gasteiger partial charge in [0.25, 0.3) is 0 Å². The van der Waals surface area contributed by atoms with Crippen LogP contribution >= 0.6 is 0 Å². The molecule has 0 aliphatic rings. The molecule has 6 nitrogen and oxygen atoms in total. The zero-order valence-electron chi connectivity index (χ0n) is 28.6. The van der Waals surface area contributed by atoms with Crippen LogP contribution in [0.1, 0.15) is 19.3 Å². The third kappa shape index (κ3) is 10.5. The summed E-state index contributed by atoms with van der Waals surface area (Å²) in [6, 6.07) is 0. The van der Waals surface area contributed by atoms with Crippen LogP contribution in [0.15, 0.2) is 0 Å². The van der Waals surface area contributed by atoms with E-state index < -0.39 is 128 Å². The van der Waals surface area contributed by atoms with E-state index in [-0.39, 0.29) is 17.6 Å². The highest BCUT2D eigenvalue weighted by Gasteiger charge is 2.92. The molecule has 0 spiro atoms. The zero-order chi connectivity index (χ0) is 47.0. The monoisotopic (exact) mass is 925 g/mol. The molecule has 1 unspecified atom stereocenters. The Balaban J connectivity index is 6.09. The molecule has 0 aromatic carbocycles. The van der Waals surface area contributed by atoms with Gasteiger partial charge in [0.2, 0.25) is 0 Å². The highest BCUT2D eigenvalue weighted by molar-refractivity contribution is 5.80.